The van der Waals surface area contributed by atoms with E-state index in [-0.39, 0.29) is 12.2 Å². The Morgan fingerprint density at radius 1 is 1.34 bits per heavy atom. The first kappa shape index (κ1) is 18.6. The molecule has 3 heterocycles. The van der Waals surface area contributed by atoms with Crippen LogP contribution in [0.25, 0.3) is 11.2 Å². The van der Waals surface area contributed by atoms with Crippen LogP contribution in [-0.2, 0) is 20.8 Å². The summed E-state index contributed by atoms with van der Waals surface area (Å²) in [4.78, 5) is 24.0. The normalized spacial score (nSPS) is 15.4. The highest BCUT2D eigenvalue weighted by atomic mass is 32.2. The summed E-state index contributed by atoms with van der Waals surface area (Å²) < 4.78 is 13.3. The number of hydrogen-bond donors (Lipinski definition) is 2. The molecule has 0 fully saturated rings. The minimum Gasteiger partial charge on any atom is -0.454 e. The van der Waals surface area contributed by atoms with Gasteiger partial charge in [-0.25, -0.2) is 15.0 Å². The van der Waals surface area contributed by atoms with E-state index in [0.717, 1.165) is 5.56 Å². The molecule has 10 heteroatoms. The van der Waals surface area contributed by atoms with Crippen molar-refractivity contribution >= 4 is 34.7 Å². The van der Waals surface area contributed by atoms with Gasteiger partial charge in [0.1, 0.15) is 12.6 Å². The maximum Gasteiger partial charge on any atom is 0.269 e. The predicted molar refractivity (Wildman–Crippen MR) is 107 cm³/mol. The SMILES string of the molecule is C#Cc1ccccc1C1OC=C(Sc2nc3c(N)ncnc3n2CCC(N)=O)O1. The fraction of sp³-hybridized carbons (Fsp3) is 0.158. The highest BCUT2D eigenvalue weighted by molar-refractivity contribution is 8.02. The molecule has 4 N–H and O–H groups in total. The molecule has 0 saturated carbocycles. The molecule has 1 aliphatic rings. The maximum absolute atomic E-state index is 11.3. The average molecular weight is 408 g/mol. The lowest BCUT2D eigenvalue weighted by atomic mass is 10.1. The molecule has 1 atom stereocenters. The van der Waals surface area contributed by atoms with Crippen molar-refractivity contribution in [3.8, 4) is 12.3 Å². The molecule has 0 spiro atoms. The van der Waals surface area contributed by atoms with Gasteiger partial charge in [0, 0.05) is 24.1 Å². The first-order valence-electron chi connectivity index (χ1n) is 8.57. The smallest absolute Gasteiger partial charge is 0.269 e. The second kappa shape index (κ2) is 7.73. The number of nitrogens with two attached hydrogens (primary N) is 2. The molecular weight excluding hydrogens is 392 g/mol. The molecule has 146 valence electrons. The van der Waals surface area contributed by atoms with E-state index in [9.17, 15) is 4.79 Å². The molecule has 0 aliphatic carbocycles. The van der Waals surface area contributed by atoms with Gasteiger partial charge in [0.2, 0.25) is 11.0 Å². The minimum absolute atomic E-state index is 0.123. The number of rotatable bonds is 6. The second-order valence-corrected chi connectivity index (χ2v) is 7.02. The Bertz CT molecular complexity index is 1170. The molecule has 0 bridgehead atoms. The van der Waals surface area contributed by atoms with Crippen LogP contribution in [0.1, 0.15) is 23.8 Å². The fourth-order valence-electron chi connectivity index (χ4n) is 2.82. The van der Waals surface area contributed by atoms with E-state index in [1.165, 1.54) is 24.4 Å². The van der Waals surface area contributed by atoms with E-state index >= 15 is 0 Å². The van der Waals surface area contributed by atoms with Gasteiger partial charge in [0.05, 0.1) is 0 Å². The molecule has 9 nitrogen and oxygen atoms in total. The number of fused-ring (bicyclic) bond motifs is 1. The van der Waals surface area contributed by atoms with Crippen molar-refractivity contribution in [3.05, 3.63) is 53.1 Å². The average Bonchev–Trinajstić information content (AvgIpc) is 3.32. The summed E-state index contributed by atoms with van der Waals surface area (Å²) >= 11 is 1.21. The van der Waals surface area contributed by atoms with E-state index < -0.39 is 12.2 Å². The molecule has 29 heavy (non-hydrogen) atoms. The van der Waals surface area contributed by atoms with Gasteiger partial charge in [0.15, 0.2) is 22.1 Å². The summed E-state index contributed by atoms with van der Waals surface area (Å²) in [5, 5.41) is 0.998. The Labute approximate surface area is 170 Å². The lowest BCUT2D eigenvalue weighted by molar-refractivity contribution is -0.118. The lowest BCUT2D eigenvalue weighted by Gasteiger charge is -2.13. The van der Waals surface area contributed by atoms with Crippen LogP contribution in [0.4, 0.5) is 5.82 Å². The molecule has 1 aliphatic heterocycles. The van der Waals surface area contributed by atoms with Crippen LogP contribution < -0.4 is 11.5 Å². The zero-order valence-electron chi connectivity index (χ0n) is 15.1. The molecule has 3 aromatic rings. The molecule has 0 radical (unpaired) electrons. The third kappa shape index (κ3) is 3.68. The number of thioether (sulfide) groups is 1. The number of carbonyl (C=O) groups excluding carboxylic acids is 1. The van der Waals surface area contributed by atoms with Gasteiger partial charge in [-0.15, -0.1) is 6.42 Å². The van der Waals surface area contributed by atoms with Crippen LogP contribution in [0.15, 0.2) is 47.1 Å². The summed E-state index contributed by atoms with van der Waals surface area (Å²) in [5.41, 5.74) is 13.6. The number of nitrogen functional groups attached to an aromatic ring is 1. The molecule has 1 unspecified atom stereocenters. The summed E-state index contributed by atoms with van der Waals surface area (Å²) in [6, 6.07) is 7.37. The second-order valence-electron chi connectivity index (χ2n) is 6.05. The number of aromatic nitrogens is 4. The Kier molecular flexibility index (Phi) is 4.97. The zero-order chi connectivity index (χ0) is 20.4. The summed E-state index contributed by atoms with van der Waals surface area (Å²) in [7, 11) is 0. The van der Waals surface area contributed by atoms with Crippen molar-refractivity contribution in [1.82, 2.24) is 19.5 Å². The van der Waals surface area contributed by atoms with E-state index in [0.29, 0.717) is 33.5 Å². The van der Waals surface area contributed by atoms with Gasteiger partial charge >= 0.3 is 0 Å². The predicted octanol–water partition coefficient (Wildman–Crippen LogP) is 1.90. The monoisotopic (exact) mass is 408 g/mol. The van der Waals surface area contributed by atoms with Crippen LogP contribution in [0.2, 0.25) is 0 Å². The first-order chi connectivity index (χ1) is 14.1. The van der Waals surface area contributed by atoms with Gasteiger partial charge in [-0.05, 0) is 17.8 Å². The van der Waals surface area contributed by atoms with E-state index in [2.05, 4.69) is 20.9 Å². The molecule has 0 saturated heterocycles. The third-order valence-corrected chi connectivity index (χ3v) is 5.07. The highest BCUT2D eigenvalue weighted by Gasteiger charge is 2.26. The number of hydrogen-bond acceptors (Lipinski definition) is 8. The fourth-order valence-corrected chi connectivity index (χ4v) is 3.67. The Morgan fingerprint density at radius 2 is 2.17 bits per heavy atom. The molecule has 1 amide bonds. The number of terminal acetylenes is 1. The Balaban J connectivity index is 1.60. The van der Waals surface area contributed by atoms with Gasteiger partial charge in [-0.1, -0.05) is 24.1 Å². The third-order valence-electron chi connectivity index (χ3n) is 4.18. The number of amides is 1. The van der Waals surface area contributed by atoms with Crippen molar-refractivity contribution in [2.75, 3.05) is 5.73 Å². The van der Waals surface area contributed by atoms with Gasteiger partial charge < -0.3 is 25.5 Å². The first-order valence-corrected chi connectivity index (χ1v) is 9.39. The van der Waals surface area contributed by atoms with Gasteiger partial charge in [0.25, 0.3) is 6.29 Å². The maximum atomic E-state index is 11.3. The van der Waals surface area contributed by atoms with Gasteiger partial charge in [-0.3, -0.25) is 4.79 Å². The number of ether oxygens (including phenoxy) is 2. The molecule has 1 aromatic carbocycles. The molecular formula is C19H16N6O3S. The van der Waals surface area contributed by atoms with Crippen LogP contribution in [0.3, 0.4) is 0 Å². The number of benzene rings is 1. The van der Waals surface area contributed by atoms with Crippen molar-refractivity contribution in [3.63, 3.8) is 0 Å². The number of carbonyl (C=O) groups is 1. The lowest BCUT2D eigenvalue weighted by Crippen LogP contribution is -2.14. The summed E-state index contributed by atoms with van der Waals surface area (Å²) in [6.45, 7) is 0.294. The molecule has 2 aromatic heterocycles. The van der Waals surface area contributed by atoms with Crippen LogP contribution >= 0.6 is 11.8 Å². The van der Waals surface area contributed by atoms with Crippen LogP contribution in [0.5, 0.6) is 0 Å². The Morgan fingerprint density at radius 3 is 2.97 bits per heavy atom. The standard InChI is InChI=1S/C19H16N6O3S/c1-2-11-5-3-4-6-12(11)18-27-9-14(28-18)29-19-24-15-16(21)22-10-23-17(15)25(19)8-7-13(20)26/h1,3-6,9-10,18H,7-8H2,(H2,20,26)(H2,21,22,23). The van der Waals surface area contributed by atoms with Crippen molar-refractivity contribution < 1.29 is 14.3 Å². The molecule has 4 rings (SSSR count). The summed E-state index contributed by atoms with van der Waals surface area (Å²) in [6.07, 6.45) is 7.86. The van der Waals surface area contributed by atoms with Crippen LogP contribution in [0, 0.1) is 12.3 Å². The van der Waals surface area contributed by atoms with E-state index in [1.54, 1.807) is 4.57 Å². The largest absolute Gasteiger partial charge is 0.454 e. The number of anilines is 1. The van der Waals surface area contributed by atoms with Crippen molar-refractivity contribution in [2.24, 2.45) is 5.73 Å². The topological polar surface area (TPSA) is 131 Å². The van der Waals surface area contributed by atoms with Crippen molar-refractivity contribution in [2.45, 2.75) is 24.4 Å². The Hall–Kier alpha value is -3.71. The van der Waals surface area contributed by atoms with E-state index in [1.807, 2.05) is 24.3 Å². The van der Waals surface area contributed by atoms with Crippen LogP contribution in [-0.4, -0.2) is 25.4 Å². The minimum atomic E-state index is -0.655. The number of primary amides is 1. The summed E-state index contributed by atoms with van der Waals surface area (Å²) in [5.74, 6) is 2.43. The number of nitrogens with zero attached hydrogens (tertiary/aromatic N) is 4. The number of imidazole rings is 1. The van der Waals surface area contributed by atoms with E-state index in [4.69, 9.17) is 27.4 Å². The van der Waals surface area contributed by atoms with Crippen molar-refractivity contribution in [1.29, 1.82) is 0 Å². The quantitative estimate of drug-likeness (QED) is 0.591. The zero-order valence-corrected chi connectivity index (χ0v) is 15.9. The number of aryl methyl sites for hydroxylation is 1. The highest BCUT2D eigenvalue weighted by Crippen LogP contribution is 2.39. The van der Waals surface area contributed by atoms with Gasteiger partial charge in [-0.2, -0.15) is 0 Å².